The summed E-state index contributed by atoms with van der Waals surface area (Å²) < 4.78 is 0. The Balaban J connectivity index is 2.21. The van der Waals surface area contributed by atoms with Crippen LogP contribution in [0.1, 0.15) is 18.9 Å². The predicted octanol–water partition coefficient (Wildman–Crippen LogP) is 0.607. The molecule has 1 heterocycles. The molecule has 0 saturated heterocycles. The number of hydrogen-bond donors (Lipinski definition) is 3. The van der Waals surface area contributed by atoms with E-state index in [1.807, 2.05) is 26.4 Å². The minimum atomic E-state index is 0.696. The third kappa shape index (κ3) is 5.04. The number of nitrogens with one attached hydrogen (secondary N) is 3. The molecule has 0 spiro atoms. The third-order valence-electron chi connectivity index (χ3n) is 2.15. The van der Waals surface area contributed by atoms with Crippen LogP contribution in [0.2, 0.25) is 0 Å². The molecular formula is C11H21N5. The lowest BCUT2D eigenvalue weighted by atomic mass is 10.3. The summed E-state index contributed by atoms with van der Waals surface area (Å²) in [5.41, 5.74) is 1.12. The molecule has 0 aromatic carbocycles. The van der Waals surface area contributed by atoms with Gasteiger partial charge in [0.25, 0.3) is 0 Å². The molecule has 0 aliphatic carbocycles. The average molecular weight is 223 g/mol. The van der Waals surface area contributed by atoms with Gasteiger partial charge in [0, 0.05) is 31.0 Å². The number of hydrogen-bond acceptors (Lipinski definition) is 5. The molecule has 5 heteroatoms. The first-order valence-electron chi connectivity index (χ1n) is 5.77. The highest BCUT2D eigenvalue weighted by Crippen LogP contribution is 1.99. The molecule has 0 fully saturated rings. The summed E-state index contributed by atoms with van der Waals surface area (Å²) in [5.74, 6) is 0.696. The van der Waals surface area contributed by atoms with Crippen LogP contribution >= 0.6 is 0 Å². The van der Waals surface area contributed by atoms with Crippen molar-refractivity contribution in [3.63, 3.8) is 0 Å². The minimum absolute atomic E-state index is 0.696. The predicted molar refractivity (Wildman–Crippen MR) is 66.4 cm³/mol. The van der Waals surface area contributed by atoms with E-state index in [0.29, 0.717) is 5.95 Å². The van der Waals surface area contributed by atoms with Gasteiger partial charge in [-0.15, -0.1) is 0 Å². The van der Waals surface area contributed by atoms with Crippen LogP contribution in [0.3, 0.4) is 0 Å². The Morgan fingerprint density at radius 3 is 2.56 bits per heavy atom. The highest BCUT2D eigenvalue weighted by Gasteiger charge is 1.95. The van der Waals surface area contributed by atoms with E-state index in [1.165, 1.54) is 0 Å². The number of anilines is 1. The zero-order valence-corrected chi connectivity index (χ0v) is 10.1. The fourth-order valence-corrected chi connectivity index (χ4v) is 1.32. The number of nitrogens with zero attached hydrogens (tertiary/aromatic N) is 2. The van der Waals surface area contributed by atoms with Crippen molar-refractivity contribution in [3.8, 4) is 0 Å². The van der Waals surface area contributed by atoms with E-state index in [4.69, 9.17) is 0 Å². The fourth-order valence-electron chi connectivity index (χ4n) is 1.32. The average Bonchev–Trinajstić information content (AvgIpc) is 2.31. The van der Waals surface area contributed by atoms with Crippen molar-refractivity contribution in [3.05, 3.63) is 18.0 Å². The summed E-state index contributed by atoms with van der Waals surface area (Å²) >= 11 is 0. The summed E-state index contributed by atoms with van der Waals surface area (Å²) in [6, 6.07) is 0. The van der Waals surface area contributed by atoms with Crippen molar-refractivity contribution < 1.29 is 0 Å². The Bertz CT molecular complexity index is 272. The van der Waals surface area contributed by atoms with Crippen molar-refractivity contribution >= 4 is 5.95 Å². The first kappa shape index (κ1) is 12.9. The molecule has 1 aromatic rings. The van der Waals surface area contributed by atoms with Gasteiger partial charge < -0.3 is 16.0 Å². The summed E-state index contributed by atoms with van der Waals surface area (Å²) in [6.07, 6.45) is 4.85. The second-order valence-electron chi connectivity index (χ2n) is 3.58. The maximum atomic E-state index is 4.21. The fraction of sp³-hybridized carbons (Fsp3) is 0.636. The van der Waals surface area contributed by atoms with Crippen LogP contribution in [0, 0.1) is 0 Å². The van der Waals surface area contributed by atoms with Crippen molar-refractivity contribution in [2.45, 2.75) is 19.9 Å². The van der Waals surface area contributed by atoms with E-state index in [1.54, 1.807) is 0 Å². The maximum Gasteiger partial charge on any atom is 0.222 e. The van der Waals surface area contributed by atoms with Gasteiger partial charge in [-0.1, -0.05) is 0 Å². The third-order valence-corrected chi connectivity index (χ3v) is 2.15. The lowest BCUT2D eigenvalue weighted by molar-refractivity contribution is 0.623. The van der Waals surface area contributed by atoms with Crippen LogP contribution in [0.4, 0.5) is 5.95 Å². The minimum Gasteiger partial charge on any atom is -0.355 e. The van der Waals surface area contributed by atoms with E-state index >= 15 is 0 Å². The largest absolute Gasteiger partial charge is 0.355 e. The molecule has 5 nitrogen and oxygen atoms in total. The van der Waals surface area contributed by atoms with Crippen molar-refractivity contribution in [1.29, 1.82) is 0 Å². The summed E-state index contributed by atoms with van der Waals surface area (Å²) in [6.45, 7) is 5.76. The van der Waals surface area contributed by atoms with E-state index < -0.39 is 0 Å². The first-order chi connectivity index (χ1) is 7.86. The highest BCUT2D eigenvalue weighted by atomic mass is 15.1. The van der Waals surface area contributed by atoms with Gasteiger partial charge in [-0.2, -0.15) is 0 Å². The van der Waals surface area contributed by atoms with Crippen molar-refractivity contribution in [2.75, 3.05) is 32.0 Å². The molecule has 0 saturated carbocycles. The van der Waals surface area contributed by atoms with Gasteiger partial charge in [0.2, 0.25) is 5.95 Å². The molecule has 0 aliphatic rings. The molecule has 0 atom stereocenters. The van der Waals surface area contributed by atoms with Gasteiger partial charge in [0.05, 0.1) is 0 Å². The summed E-state index contributed by atoms with van der Waals surface area (Å²) in [5, 5.41) is 9.53. The van der Waals surface area contributed by atoms with E-state index in [0.717, 1.165) is 38.2 Å². The Kier molecular flexibility index (Phi) is 6.44. The lowest BCUT2D eigenvalue weighted by Gasteiger charge is -2.05. The van der Waals surface area contributed by atoms with Gasteiger partial charge in [0.15, 0.2) is 0 Å². The molecular weight excluding hydrogens is 202 g/mol. The molecule has 16 heavy (non-hydrogen) atoms. The monoisotopic (exact) mass is 223 g/mol. The molecule has 90 valence electrons. The second kappa shape index (κ2) is 8.01. The Labute approximate surface area is 97.1 Å². The Morgan fingerprint density at radius 1 is 1.19 bits per heavy atom. The normalized spacial score (nSPS) is 10.4. The molecule has 0 radical (unpaired) electrons. The topological polar surface area (TPSA) is 61.9 Å². The number of rotatable bonds is 8. The van der Waals surface area contributed by atoms with Crippen LogP contribution in [-0.4, -0.2) is 36.6 Å². The lowest BCUT2D eigenvalue weighted by Crippen LogP contribution is -2.19. The smallest absolute Gasteiger partial charge is 0.222 e. The number of aromatic nitrogens is 2. The van der Waals surface area contributed by atoms with E-state index in [9.17, 15) is 0 Å². The summed E-state index contributed by atoms with van der Waals surface area (Å²) in [4.78, 5) is 8.42. The van der Waals surface area contributed by atoms with E-state index in [2.05, 4.69) is 25.9 Å². The standard InChI is InChI=1S/C11H21N5/c1-3-14-11-15-8-10(9-16-11)7-13-6-4-5-12-2/h8-9,12-13H,3-7H2,1-2H3,(H,14,15,16). The van der Waals surface area contributed by atoms with Gasteiger partial charge in [0.1, 0.15) is 0 Å². The van der Waals surface area contributed by atoms with Gasteiger partial charge in [-0.05, 0) is 33.5 Å². The van der Waals surface area contributed by atoms with Gasteiger partial charge in [-0.25, -0.2) is 9.97 Å². The van der Waals surface area contributed by atoms with Gasteiger partial charge in [-0.3, -0.25) is 0 Å². The van der Waals surface area contributed by atoms with E-state index in [-0.39, 0.29) is 0 Å². The van der Waals surface area contributed by atoms with Crippen LogP contribution < -0.4 is 16.0 Å². The maximum absolute atomic E-state index is 4.21. The SMILES string of the molecule is CCNc1ncc(CNCCCNC)cn1. The molecule has 0 aliphatic heterocycles. The molecule has 0 unspecified atom stereocenters. The summed E-state index contributed by atoms with van der Waals surface area (Å²) in [7, 11) is 1.97. The van der Waals surface area contributed by atoms with Crippen LogP contribution in [0.25, 0.3) is 0 Å². The van der Waals surface area contributed by atoms with Crippen LogP contribution in [0.15, 0.2) is 12.4 Å². The zero-order valence-electron chi connectivity index (χ0n) is 10.1. The van der Waals surface area contributed by atoms with Crippen LogP contribution in [-0.2, 0) is 6.54 Å². The van der Waals surface area contributed by atoms with Crippen molar-refractivity contribution in [2.24, 2.45) is 0 Å². The molecule has 0 amide bonds. The Hall–Kier alpha value is -1.20. The van der Waals surface area contributed by atoms with Gasteiger partial charge >= 0.3 is 0 Å². The van der Waals surface area contributed by atoms with Crippen LogP contribution in [0.5, 0.6) is 0 Å². The molecule has 1 rings (SSSR count). The first-order valence-corrected chi connectivity index (χ1v) is 5.77. The highest BCUT2D eigenvalue weighted by molar-refractivity contribution is 5.24. The zero-order chi connectivity index (χ0) is 11.6. The molecule has 3 N–H and O–H groups in total. The van der Waals surface area contributed by atoms with Crippen molar-refractivity contribution in [1.82, 2.24) is 20.6 Å². The quantitative estimate of drug-likeness (QED) is 0.564. The molecule has 1 aromatic heterocycles. The Morgan fingerprint density at radius 2 is 1.94 bits per heavy atom. The second-order valence-corrected chi connectivity index (χ2v) is 3.58. The molecule has 0 bridgehead atoms.